The molecule has 2 aromatic rings. The van der Waals surface area contributed by atoms with E-state index >= 15 is 0 Å². The molecule has 0 aliphatic rings. The lowest BCUT2D eigenvalue weighted by atomic mass is 10.1. The van der Waals surface area contributed by atoms with Gasteiger partial charge in [-0.2, -0.15) is 0 Å². The number of aliphatic hydroxyl groups is 2. The quantitative estimate of drug-likeness (QED) is 0.757. The maximum atomic E-state index is 13.5. The number of nitrogens with one attached hydrogen (secondary N) is 1. The summed E-state index contributed by atoms with van der Waals surface area (Å²) >= 11 is 0. The molecule has 0 heterocycles. The molecule has 0 aliphatic heterocycles. The lowest BCUT2D eigenvalue weighted by Gasteiger charge is -2.13. The van der Waals surface area contributed by atoms with Crippen LogP contribution in [-0.4, -0.2) is 16.8 Å². The number of hydrogen-bond acceptors (Lipinski definition) is 3. The lowest BCUT2D eigenvalue weighted by molar-refractivity contribution is 0.169. The average Bonchev–Trinajstić information content (AvgIpc) is 2.48. The highest BCUT2D eigenvalue weighted by Crippen LogP contribution is 2.15. The molecule has 3 N–H and O–H groups in total. The van der Waals surface area contributed by atoms with Crippen molar-refractivity contribution >= 4 is 0 Å². The van der Waals surface area contributed by atoms with Crippen LogP contribution in [0.5, 0.6) is 0 Å². The normalized spacial score (nSPS) is 12.3. The predicted molar refractivity (Wildman–Crippen MR) is 75.4 cm³/mol. The number of hydrogen-bond donors (Lipinski definition) is 3. The summed E-state index contributed by atoms with van der Waals surface area (Å²) in [7, 11) is 0. The molecule has 0 spiro atoms. The van der Waals surface area contributed by atoms with E-state index in [-0.39, 0.29) is 13.2 Å². The first-order chi connectivity index (χ1) is 9.70. The van der Waals surface area contributed by atoms with Gasteiger partial charge >= 0.3 is 0 Å². The second-order valence-corrected chi connectivity index (χ2v) is 4.65. The Bertz CT molecular complexity index is 560. The topological polar surface area (TPSA) is 52.5 Å². The molecule has 20 heavy (non-hydrogen) atoms. The Kier molecular flexibility index (Phi) is 5.24. The van der Waals surface area contributed by atoms with Crippen molar-refractivity contribution in [1.29, 1.82) is 0 Å². The second-order valence-electron chi connectivity index (χ2n) is 4.65. The van der Waals surface area contributed by atoms with Crippen molar-refractivity contribution in [3.63, 3.8) is 0 Å². The monoisotopic (exact) mass is 275 g/mol. The van der Waals surface area contributed by atoms with Gasteiger partial charge in [-0.1, -0.05) is 42.5 Å². The molecule has 106 valence electrons. The summed E-state index contributed by atoms with van der Waals surface area (Å²) in [6.45, 7) is 0.829. The molecule has 0 fully saturated rings. The maximum absolute atomic E-state index is 13.5. The summed E-state index contributed by atoms with van der Waals surface area (Å²) < 4.78 is 13.5. The first-order valence-electron chi connectivity index (χ1n) is 6.52. The first kappa shape index (κ1) is 14.7. The molecule has 0 amide bonds. The molecule has 3 nitrogen and oxygen atoms in total. The molecule has 4 heteroatoms. The smallest absolute Gasteiger partial charge is 0.129 e. The van der Waals surface area contributed by atoms with Crippen molar-refractivity contribution in [2.75, 3.05) is 6.54 Å². The van der Waals surface area contributed by atoms with Crippen molar-refractivity contribution in [2.45, 2.75) is 19.3 Å². The minimum atomic E-state index is -0.878. The van der Waals surface area contributed by atoms with Crippen LogP contribution in [0.1, 0.15) is 22.8 Å². The molecular formula is C16H18FNO2. The molecule has 1 atom stereocenters. The van der Waals surface area contributed by atoms with Gasteiger partial charge in [0.2, 0.25) is 0 Å². The Morgan fingerprint density at radius 2 is 1.80 bits per heavy atom. The molecule has 0 saturated carbocycles. The standard InChI is InChI=1S/C16H18FNO2/c17-15-7-2-1-6-14(15)16(20)10-18-9-12-4-3-5-13(8-12)11-19/h1-8,16,18-20H,9-11H2. The van der Waals surface area contributed by atoms with Gasteiger partial charge in [0.1, 0.15) is 5.82 Å². The highest BCUT2D eigenvalue weighted by Gasteiger charge is 2.11. The van der Waals surface area contributed by atoms with Crippen LogP contribution in [0.2, 0.25) is 0 Å². The van der Waals surface area contributed by atoms with Gasteiger partial charge in [0.05, 0.1) is 12.7 Å². The molecule has 2 rings (SSSR count). The number of benzene rings is 2. The van der Waals surface area contributed by atoms with E-state index in [0.717, 1.165) is 11.1 Å². The molecule has 0 aliphatic carbocycles. The fourth-order valence-electron chi connectivity index (χ4n) is 2.05. The molecule has 1 unspecified atom stereocenters. The highest BCUT2D eigenvalue weighted by atomic mass is 19.1. The summed E-state index contributed by atoms with van der Waals surface area (Å²) in [6.07, 6.45) is -0.878. The van der Waals surface area contributed by atoms with E-state index in [2.05, 4.69) is 5.32 Å². The molecule has 2 aromatic carbocycles. The van der Waals surface area contributed by atoms with E-state index in [1.54, 1.807) is 18.2 Å². The number of halogens is 1. The zero-order valence-electron chi connectivity index (χ0n) is 11.1. The van der Waals surface area contributed by atoms with E-state index in [9.17, 15) is 9.50 Å². The lowest BCUT2D eigenvalue weighted by Crippen LogP contribution is -2.21. The van der Waals surface area contributed by atoms with Crippen molar-refractivity contribution in [3.05, 3.63) is 71.0 Å². The Hall–Kier alpha value is -1.75. The van der Waals surface area contributed by atoms with Crippen molar-refractivity contribution in [3.8, 4) is 0 Å². The fraction of sp³-hybridized carbons (Fsp3) is 0.250. The van der Waals surface area contributed by atoms with Gasteiger partial charge in [0.15, 0.2) is 0 Å². The van der Waals surface area contributed by atoms with Crippen LogP contribution in [0.4, 0.5) is 4.39 Å². The van der Waals surface area contributed by atoms with Crippen molar-refractivity contribution in [2.24, 2.45) is 0 Å². The fourth-order valence-corrected chi connectivity index (χ4v) is 2.05. The minimum absolute atomic E-state index is 0.00565. The van der Waals surface area contributed by atoms with E-state index in [4.69, 9.17) is 5.11 Å². The van der Waals surface area contributed by atoms with E-state index in [1.807, 2.05) is 24.3 Å². The number of aliphatic hydroxyl groups excluding tert-OH is 2. The highest BCUT2D eigenvalue weighted by molar-refractivity contribution is 5.23. The van der Waals surface area contributed by atoms with E-state index in [0.29, 0.717) is 12.1 Å². The third kappa shape index (κ3) is 3.87. The Labute approximate surface area is 117 Å². The van der Waals surface area contributed by atoms with Crippen molar-refractivity contribution in [1.82, 2.24) is 5.32 Å². The summed E-state index contributed by atoms with van der Waals surface area (Å²) in [5, 5.41) is 22.1. The number of rotatable bonds is 6. The van der Waals surface area contributed by atoms with Crippen LogP contribution in [0.15, 0.2) is 48.5 Å². The van der Waals surface area contributed by atoms with E-state index < -0.39 is 11.9 Å². The first-order valence-corrected chi connectivity index (χ1v) is 6.52. The van der Waals surface area contributed by atoms with Crippen LogP contribution in [-0.2, 0) is 13.2 Å². The Morgan fingerprint density at radius 1 is 1.05 bits per heavy atom. The van der Waals surface area contributed by atoms with Gasteiger partial charge in [-0.15, -0.1) is 0 Å². The van der Waals surface area contributed by atoms with Crippen LogP contribution in [0.25, 0.3) is 0 Å². The predicted octanol–water partition coefficient (Wildman–Crippen LogP) is 2.14. The summed E-state index contributed by atoms with van der Waals surface area (Å²) in [6, 6.07) is 13.8. The molecule has 0 radical (unpaired) electrons. The molecule has 0 saturated heterocycles. The zero-order chi connectivity index (χ0) is 14.4. The summed E-state index contributed by atoms with van der Waals surface area (Å²) in [5.41, 5.74) is 2.15. The molecular weight excluding hydrogens is 257 g/mol. The second kappa shape index (κ2) is 7.14. The SMILES string of the molecule is OCc1cccc(CNCC(O)c2ccccc2F)c1. The zero-order valence-corrected chi connectivity index (χ0v) is 11.1. The Balaban J connectivity index is 1.88. The van der Waals surface area contributed by atoms with Crippen molar-refractivity contribution < 1.29 is 14.6 Å². The Morgan fingerprint density at radius 3 is 2.55 bits per heavy atom. The van der Waals surface area contributed by atoms with Gasteiger partial charge in [-0.25, -0.2) is 4.39 Å². The van der Waals surface area contributed by atoms with Gasteiger partial charge < -0.3 is 15.5 Å². The maximum Gasteiger partial charge on any atom is 0.129 e. The van der Waals surface area contributed by atoms with Gasteiger partial charge in [0.25, 0.3) is 0 Å². The third-order valence-electron chi connectivity index (χ3n) is 3.10. The summed E-state index contributed by atoms with van der Waals surface area (Å²) in [4.78, 5) is 0. The van der Waals surface area contributed by atoms with Crippen LogP contribution < -0.4 is 5.32 Å². The minimum Gasteiger partial charge on any atom is -0.392 e. The molecule has 0 bridgehead atoms. The third-order valence-corrected chi connectivity index (χ3v) is 3.10. The van der Waals surface area contributed by atoms with Crippen LogP contribution >= 0.6 is 0 Å². The molecule has 0 aromatic heterocycles. The van der Waals surface area contributed by atoms with Gasteiger partial charge in [0, 0.05) is 18.7 Å². The van der Waals surface area contributed by atoms with Gasteiger partial charge in [-0.3, -0.25) is 0 Å². The summed E-state index contributed by atoms with van der Waals surface area (Å²) in [5.74, 6) is -0.399. The average molecular weight is 275 g/mol. The largest absolute Gasteiger partial charge is 0.392 e. The van der Waals surface area contributed by atoms with Crippen LogP contribution in [0, 0.1) is 5.82 Å². The van der Waals surface area contributed by atoms with Gasteiger partial charge in [-0.05, 0) is 17.2 Å². The van der Waals surface area contributed by atoms with E-state index in [1.165, 1.54) is 6.07 Å². The van der Waals surface area contributed by atoms with Crippen LogP contribution in [0.3, 0.4) is 0 Å².